The monoisotopic (exact) mass is 395 g/mol. The molecular formula is C18H25N3O5S. The molecule has 0 atom stereocenters. The van der Waals surface area contributed by atoms with E-state index in [2.05, 4.69) is 15.3 Å². The maximum Gasteiger partial charge on any atom is 0.337 e. The van der Waals surface area contributed by atoms with E-state index < -0.39 is 21.9 Å². The van der Waals surface area contributed by atoms with Gasteiger partial charge in [0.05, 0.1) is 31.7 Å². The second-order valence-electron chi connectivity index (χ2n) is 6.51. The van der Waals surface area contributed by atoms with Gasteiger partial charge in [-0.1, -0.05) is 31.4 Å². The van der Waals surface area contributed by atoms with Crippen LogP contribution in [0.15, 0.2) is 29.4 Å². The summed E-state index contributed by atoms with van der Waals surface area (Å²) in [6.07, 6.45) is 7.13. The minimum absolute atomic E-state index is 0.130. The van der Waals surface area contributed by atoms with E-state index in [1.165, 1.54) is 17.6 Å². The second kappa shape index (κ2) is 9.61. The van der Waals surface area contributed by atoms with E-state index >= 15 is 0 Å². The Kier molecular flexibility index (Phi) is 7.49. The van der Waals surface area contributed by atoms with Crippen molar-refractivity contribution in [3.05, 3.63) is 35.4 Å². The summed E-state index contributed by atoms with van der Waals surface area (Å²) in [7, 11) is -2.17. The van der Waals surface area contributed by atoms with Crippen molar-refractivity contribution < 1.29 is 22.7 Å². The molecule has 0 heterocycles. The molecule has 8 nitrogen and oxygen atoms in total. The maximum atomic E-state index is 12.1. The summed E-state index contributed by atoms with van der Waals surface area (Å²) in [5, 5.41) is 3.85. The number of hydrogen-bond acceptors (Lipinski definition) is 6. The number of esters is 1. The van der Waals surface area contributed by atoms with Crippen LogP contribution in [0.25, 0.3) is 0 Å². The average molecular weight is 395 g/mol. The van der Waals surface area contributed by atoms with Gasteiger partial charge in [0.2, 0.25) is 10.0 Å². The zero-order valence-corrected chi connectivity index (χ0v) is 16.4. The molecule has 0 aromatic heterocycles. The van der Waals surface area contributed by atoms with Gasteiger partial charge in [0, 0.05) is 6.04 Å². The first-order valence-corrected chi connectivity index (χ1v) is 10.6. The Labute approximate surface area is 159 Å². The van der Waals surface area contributed by atoms with Crippen molar-refractivity contribution in [2.24, 2.45) is 5.10 Å². The third-order valence-corrected chi connectivity index (χ3v) is 5.72. The minimum Gasteiger partial charge on any atom is -0.465 e. The Morgan fingerprint density at radius 3 is 2.41 bits per heavy atom. The molecule has 0 bridgehead atoms. The van der Waals surface area contributed by atoms with E-state index in [4.69, 9.17) is 0 Å². The molecule has 1 aliphatic carbocycles. The molecule has 2 rings (SSSR count). The minimum atomic E-state index is -3.48. The van der Waals surface area contributed by atoms with Crippen molar-refractivity contribution in [3.8, 4) is 0 Å². The smallest absolute Gasteiger partial charge is 0.337 e. The van der Waals surface area contributed by atoms with Gasteiger partial charge >= 0.3 is 5.97 Å². The number of amides is 1. The Hall–Kier alpha value is -2.26. The van der Waals surface area contributed by atoms with Crippen LogP contribution in [0.3, 0.4) is 0 Å². The van der Waals surface area contributed by atoms with E-state index in [1.54, 1.807) is 24.3 Å². The zero-order valence-electron chi connectivity index (χ0n) is 15.6. The number of methoxy groups -OCH3 is 1. The summed E-state index contributed by atoms with van der Waals surface area (Å²) in [5.74, 6) is -0.927. The average Bonchev–Trinajstić information content (AvgIpc) is 2.66. The van der Waals surface area contributed by atoms with E-state index in [0.717, 1.165) is 38.4 Å². The molecule has 9 heteroatoms. The molecule has 1 aromatic rings. The van der Waals surface area contributed by atoms with E-state index in [0.29, 0.717) is 11.1 Å². The number of hydrogen-bond donors (Lipinski definition) is 1. The molecule has 0 radical (unpaired) electrons. The van der Waals surface area contributed by atoms with Crippen LogP contribution in [0.4, 0.5) is 0 Å². The van der Waals surface area contributed by atoms with Gasteiger partial charge in [-0.2, -0.15) is 9.41 Å². The second-order valence-corrected chi connectivity index (χ2v) is 8.44. The van der Waals surface area contributed by atoms with Crippen molar-refractivity contribution in [3.63, 3.8) is 0 Å². The van der Waals surface area contributed by atoms with Gasteiger partial charge in [-0.25, -0.2) is 18.6 Å². The molecule has 0 aliphatic heterocycles. The first-order chi connectivity index (χ1) is 12.8. The summed E-state index contributed by atoms with van der Waals surface area (Å²) < 4.78 is 30.0. The number of carbonyl (C=O) groups is 2. The molecule has 27 heavy (non-hydrogen) atoms. The molecule has 0 saturated heterocycles. The molecule has 1 fully saturated rings. The highest BCUT2D eigenvalue weighted by Crippen LogP contribution is 2.24. The number of benzene rings is 1. The summed E-state index contributed by atoms with van der Waals surface area (Å²) in [6.45, 7) is -0.248. The van der Waals surface area contributed by atoms with Crippen LogP contribution in [-0.2, 0) is 19.6 Å². The number of rotatable bonds is 7. The lowest BCUT2D eigenvalue weighted by Crippen LogP contribution is -2.45. The highest BCUT2D eigenvalue weighted by molar-refractivity contribution is 7.88. The van der Waals surface area contributed by atoms with E-state index in [1.807, 2.05) is 0 Å². The molecular weight excluding hydrogens is 370 g/mol. The van der Waals surface area contributed by atoms with Crippen LogP contribution in [0.5, 0.6) is 0 Å². The van der Waals surface area contributed by atoms with Crippen LogP contribution in [-0.4, -0.2) is 56.8 Å². The Morgan fingerprint density at radius 1 is 1.22 bits per heavy atom. The summed E-state index contributed by atoms with van der Waals surface area (Å²) >= 11 is 0. The molecule has 1 aromatic carbocycles. The summed E-state index contributed by atoms with van der Waals surface area (Å²) in [5.41, 5.74) is 3.44. The highest BCUT2D eigenvalue weighted by atomic mass is 32.2. The molecule has 1 saturated carbocycles. The van der Waals surface area contributed by atoms with Crippen LogP contribution >= 0.6 is 0 Å². The number of ether oxygens (including phenoxy) is 1. The van der Waals surface area contributed by atoms with Crippen LogP contribution in [0.1, 0.15) is 48.0 Å². The summed E-state index contributed by atoms with van der Waals surface area (Å²) in [6, 6.07) is 6.36. The fourth-order valence-corrected chi connectivity index (χ4v) is 4.17. The van der Waals surface area contributed by atoms with Gasteiger partial charge in [-0.3, -0.25) is 4.79 Å². The lowest BCUT2D eigenvalue weighted by Gasteiger charge is -2.31. The maximum absolute atomic E-state index is 12.1. The third kappa shape index (κ3) is 6.44. The topological polar surface area (TPSA) is 105 Å². The zero-order chi connectivity index (χ0) is 19.9. The van der Waals surface area contributed by atoms with Gasteiger partial charge in [0.1, 0.15) is 0 Å². The number of carbonyl (C=O) groups excluding carboxylic acids is 2. The van der Waals surface area contributed by atoms with Crippen LogP contribution < -0.4 is 5.43 Å². The quantitative estimate of drug-likeness (QED) is 0.428. The van der Waals surface area contributed by atoms with Crippen molar-refractivity contribution in [2.45, 2.75) is 38.1 Å². The number of nitrogens with one attached hydrogen (secondary N) is 1. The molecule has 1 amide bonds. The van der Waals surface area contributed by atoms with Gasteiger partial charge in [0.25, 0.3) is 5.91 Å². The number of nitrogens with zero attached hydrogens (tertiary/aromatic N) is 2. The molecule has 1 N–H and O–H groups in total. The lowest BCUT2D eigenvalue weighted by molar-refractivity contribution is -0.121. The van der Waals surface area contributed by atoms with Crippen molar-refractivity contribution in [2.75, 3.05) is 19.9 Å². The standard InChI is InChI=1S/C18H25N3O5S/c1-26-18(23)15-10-8-14(9-11-15)12-19-20-17(22)13-21(27(2,24)25)16-6-4-3-5-7-16/h8-12,16H,3-7,13H2,1-2H3,(H,20,22)/b19-12+. The lowest BCUT2D eigenvalue weighted by atomic mass is 9.95. The SMILES string of the molecule is COC(=O)c1ccc(/C=N/NC(=O)CN(C2CCCCC2)S(C)(=O)=O)cc1. The normalized spacial score (nSPS) is 15.8. The Morgan fingerprint density at radius 2 is 1.85 bits per heavy atom. The largest absolute Gasteiger partial charge is 0.465 e. The Bertz CT molecular complexity index is 784. The van der Waals surface area contributed by atoms with Gasteiger partial charge in [0.15, 0.2) is 0 Å². The van der Waals surface area contributed by atoms with Crippen molar-refractivity contribution >= 4 is 28.1 Å². The fourth-order valence-electron chi connectivity index (χ4n) is 3.06. The number of hydrazone groups is 1. The predicted molar refractivity (Wildman–Crippen MR) is 102 cm³/mol. The van der Waals surface area contributed by atoms with Gasteiger partial charge in [-0.15, -0.1) is 0 Å². The molecule has 0 spiro atoms. The number of sulfonamides is 1. The highest BCUT2D eigenvalue weighted by Gasteiger charge is 2.29. The van der Waals surface area contributed by atoms with E-state index in [-0.39, 0.29) is 12.6 Å². The van der Waals surface area contributed by atoms with Crippen LogP contribution in [0, 0.1) is 0 Å². The van der Waals surface area contributed by atoms with Crippen molar-refractivity contribution in [1.29, 1.82) is 0 Å². The molecule has 1 aliphatic rings. The van der Waals surface area contributed by atoms with Gasteiger partial charge in [-0.05, 0) is 30.5 Å². The fraction of sp³-hybridized carbons (Fsp3) is 0.500. The first-order valence-electron chi connectivity index (χ1n) is 8.78. The Balaban J connectivity index is 1.93. The summed E-state index contributed by atoms with van der Waals surface area (Å²) in [4.78, 5) is 23.5. The van der Waals surface area contributed by atoms with Gasteiger partial charge < -0.3 is 4.74 Å². The van der Waals surface area contributed by atoms with E-state index in [9.17, 15) is 18.0 Å². The molecule has 0 unspecified atom stereocenters. The predicted octanol–water partition coefficient (Wildman–Crippen LogP) is 1.52. The molecule has 148 valence electrons. The third-order valence-electron chi connectivity index (χ3n) is 4.44. The van der Waals surface area contributed by atoms with Crippen molar-refractivity contribution in [1.82, 2.24) is 9.73 Å². The van der Waals surface area contributed by atoms with Crippen LogP contribution in [0.2, 0.25) is 0 Å². The first kappa shape index (κ1) is 21.0.